The van der Waals surface area contributed by atoms with Crippen molar-refractivity contribution in [2.75, 3.05) is 10.6 Å². The number of nitriles is 1. The van der Waals surface area contributed by atoms with Gasteiger partial charge in [0.05, 0.1) is 21.4 Å². The van der Waals surface area contributed by atoms with Crippen LogP contribution in [0.15, 0.2) is 54.2 Å². The van der Waals surface area contributed by atoms with E-state index in [1.165, 1.54) is 12.3 Å². The molecule has 0 fully saturated rings. The number of anilines is 2. The molecule has 0 atom stereocenters. The van der Waals surface area contributed by atoms with Gasteiger partial charge >= 0.3 is 0 Å². The molecule has 0 unspecified atom stereocenters. The Kier molecular flexibility index (Phi) is 5.89. The Bertz CT molecular complexity index is 812. The second-order valence-electron chi connectivity index (χ2n) is 4.37. The average molecular weight is 367 g/mol. The SMILES string of the molecule is N#C/C(=C/Nc1ccccc1Cl)C(=O)Nc1cc(Cl)ccc1Cl. The first-order valence-electron chi connectivity index (χ1n) is 6.39. The molecule has 0 aliphatic rings. The molecule has 1 amide bonds. The molecule has 0 saturated carbocycles. The molecule has 2 aromatic rings. The zero-order valence-corrected chi connectivity index (χ0v) is 13.9. The Hall–Kier alpha value is -2.19. The first kappa shape index (κ1) is 17.2. The maximum absolute atomic E-state index is 12.1. The maximum atomic E-state index is 12.1. The minimum Gasteiger partial charge on any atom is -0.359 e. The van der Waals surface area contributed by atoms with E-state index < -0.39 is 5.91 Å². The number of benzene rings is 2. The molecular formula is C16H10Cl3N3O. The predicted molar refractivity (Wildman–Crippen MR) is 93.9 cm³/mol. The number of para-hydroxylation sites is 1. The van der Waals surface area contributed by atoms with Crippen molar-refractivity contribution in [1.82, 2.24) is 0 Å². The van der Waals surface area contributed by atoms with Crippen LogP contribution < -0.4 is 10.6 Å². The van der Waals surface area contributed by atoms with Crippen LogP contribution in [0.2, 0.25) is 15.1 Å². The van der Waals surface area contributed by atoms with Gasteiger partial charge in [-0.3, -0.25) is 4.79 Å². The zero-order chi connectivity index (χ0) is 16.8. The normalized spacial score (nSPS) is 10.8. The molecule has 23 heavy (non-hydrogen) atoms. The molecule has 2 aromatic carbocycles. The molecule has 0 radical (unpaired) electrons. The summed E-state index contributed by atoms with van der Waals surface area (Å²) in [4.78, 5) is 12.1. The second-order valence-corrected chi connectivity index (χ2v) is 5.62. The van der Waals surface area contributed by atoms with Crippen molar-refractivity contribution >= 4 is 52.1 Å². The van der Waals surface area contributed by atoms with Crippen LogP contribution in [-0.4, -0.2) is 5.91 Å². The van der Waals surface area contributed by atoms with E-state index in [0.717, 1.165) is 0 Å². The first-order chi connectivity index (χ1) is 11.0. The van der Waals surface area contributed by atoms with Gasteiger partial charge in [-0.1, -0.05) is 46.9 Å². The van der Waals surface area contributed by atoms with E-state index in [4.69, 9.17) is 40.1 Å². The number of halogens is 3. The Labute approximate surface area is 148 Å². The lowest BCUT2D eigenvalue weighted by molar-refractivity contribution is -0.112. The van der Waals surface area contributed by atoms with Gasteiger partial charge in [0.2, 0.25) is 0 Å². The van der Waals surface area contributed by atoms with Crippen LogP contribution >= 0.6 is 34.8 Å². The van der Waals surface area contributed by atoms with E-state index in [0.29, 0.717) is 26.4 Å². The number of carbonyl (C=O) groups is 1. The summed E-state index contributed by atoms with van der Waals surface area (Å²) in [6.45, 7) is 0. The summed E-state index contributed by atoms with van der Waals surface area (Å²) in [5.74, 6) is -0.615. The summed E-state index contributed by atoms with van der Waals surface area (Å²) in [7, 11) is 0. The van der Waals surface area contributed by atoms with E-state index in [-0.39, 0.29) is 5.57 Å². The fourth-order valence-electron chi connectivity index (χ4n) is 1.66. The summed E-state index contributed by atoms with van der Waals surface area (Å²) >= 11 is 17.8. The molecule has 0 aliphatic heterocycles. The number of hydrogen-bond donors (Lipinski definition) is 2. The van der Waals surface area contributed by atoms with Crippen LogP contribution in [0.1, 0.15) is 0 Å². The smallest absolute Gasteiger partial charge is 0.267 e. The highest BCUT2D eigenvalue weighted by atomic mass is 35.5. The van der Waals surface area contributed by atoms with Crippen molar-refractivity contribution in [3.8, 4) is 6.07 Å². The van der Waals surface area contributed by atoms with E-state index in [1.807, 2.05) is 6.07 Å². The van der Waals surface area contributed by atoms with Crippen LogP contribution in [0.4, 0.5) is 11.4 Å². The molecule has 2 rings (SSSR count). The van der Waals surface area contributed by atoms with Gasteiger partial charge < -0.3 is 10.6 Å². The van der Waals surface area contributed by atoms with E-state index in [2.05, 4.69) is 10.6 Å². The van der Waals surface area contributed by atoms with Gasteiger partial charge in [0.1, 0.15) is 11.6 Å². The molecule has 0 bridgehead atoms. The second kappa shape index (κ2) is 7.89. The molecule has 116 valence electrons. The fraction of sp³-hybridized carbons (Fsp3) is 0. The lowest BCUT2D eigenvalue weighted by atomic mass is 10.2. The topological polar surface area (TPSA) is 64.9 Å². The van der Waals surface area contributed by atoms with Gasteiger partial charge in [-0.05, 0) is 30.3 Å². The fourth-order valence-corrected chi connectivity index (χ4v) is 2.19. The van der Waals surface area contributed by atoms with Crippen LogP contribution in [0.5, 0.6) is 0 Å². The molecule has 0 aliphatic carbocycles. The van der Waals surface area contributed by atoms with E-state index >= 15 is 0 Å². The molecule has 0 saturated heterocycles. The standard InChI is InChI=1S/C16H10Cl3N3O/c17-11-5-6-13(19)15(7-11)22-16(23)10(8-20)9-21-14-4-2-1-3-12(14)18/h1-7,9,21H,(H,22,23)/b10-9-. The maximum Gasteiger partial charge on any atom is 0.267 e. The molecule has 0 spiro atoms. The van der Waals surface area contributed by atoms with Gasteiger partial charge in [-0.25, -0.2) is 0 Å². The number of nitrogens with zero attached hydrogens (tertiary/aromatic N) is 1. The van der Waals surface area contributed by atoms with Crippen LogP contribution in [0, 0.1) is 11.3 Å². The van der Waals surface area contributed by atoms with Crippen LogP contribution in [0.3, 0.4) is 0 Å². The van der Waals surface area contributed by atoms with E-state index in [1.54, 1.807) is 36.4 Å². The van der Waals surface area contributed by atoms with Crippen molar-refractivity contribution < 1.29 is 4.79 Å². The Morgan fingerprint density at radius 2 is 1.74 bits per heavy atom. The molecule has 0 aromatic heterocycles. The molecular weight excluding hydrogens is 357 g/mol. The summed E-state index contributed by atoms with van der Waals surface area (Å²) < 4.78 is 0. The number of rotatable bonds is 4. The largest absolute Gasteiger partial charge is 0.359 e. The van der Waals surface area contributed by atoms with Crippen molar-refractivity contribution in [2.45, 2.75) is 0 Å². The van der Waals surface area contributed by atoms with Gasteiger partial charge in [-0.15, -0.1) is 0 Å². The van der Waals surface area contributed by atoms with Crippen LogP contribution in [-0.2, 0) is 4.79 Å². The van der Waals surface area contributed by atoms with Gasteiger partial charge in [-0.2, -0.15) is 5.26 Å². The van der Waals surface area contributed by atoms with Gasteiger partial charge in [0, 0.05) is 11.2 Å². The van der Waals surface area contributed by atoms with Crippen LogP contribution in [0.25, 0.3) is 0 Å². The summed E-state index contributed by atoms with van der Waals surface area (Å²) in [5, 5.41) is 15.7. The lowest BCUT2D eigenvalue weighted by Crippen LogP contribution is -2.14. The summed E-state index contributed by atoms with van der Waals surface area (Å²) in [6.07, 6.45) is 1.27. The molecule has 2 N–H and O–H groups in total. The van der Waals surface area contributed by atoms with Crippen molar-refractivity contribution in [2.24, 2.45) is 0 Å². The minimum atomic E-state index is -0.615. The zero-order valence-electron chi connectivity index (χ0n) is 11.6. The minimum absolute atomic E-state index is 0.138. The van der Waals surface area contributed by atoms with Crippen molar-refractivity contribution in [3.63, 3.8) is 0 Å². The van der Waals surface area contributed by atoms with Crippen molar-refractivity contribution in [1.29, 1.82) is 5.26 Å². The summed E-state index contributed by atoms with van der Waals surface area (Å²) in [6, 6.07) is 13.4. The number of carbonyl (C=O) groups excluding carboxylic acids is 1. The third-order valence-corrected chi connectivity index (χ3v) is 3.68. The third kappa shape index (κ3) is 4.64. The molecule has 4 nitrogen and oxygen atoms in total. The first-order valence-corrected chi connectivity index (χ1v) is 7.52. The van der Waals surface area contributed by atoms with Gasteiger partial charge in [0.15, 0.2) is 0 Å². The quantitative estimate of drug-likeness (QED) is 0.584. The van der Waals surface area contributed by atoms with E-state index in [9.17, 15) is 4.79 Å². The highest BCUT2D eigenvalue weighted by molar-refractivity contribution is 6.36. The number of hydrogen-bond acceptors (Lipinski definition) is 3. The summed E-state index contributed by atoms with van der Waals surface area (Å²) in [5.41, 5.74) is 0.763. The lowest BCUT2D eigenvalue weighted by Gasteiger charge is -2.08. The molecule has 0 heterocycles. The molecule has 7 heteroatoms. The number of amides is 1. The number of nitrogens with one attached hydrogen (secondary N) is 2. The monoisotopic (exact) mass is 365 g/mol. The average Bonchev–Trinajstić information content (AvgIpc) is 2.53. The predicted octanol–water partition coefficient (Wildman–Crippen LogP) is 5.10. The Balaban J connectivity index is 2.16. The Morgan fingerprint density at radius 3 is 2.43 bits per heavy atom. The highest BCUT2D eigenvalue weighted by Gasteiger charge is 2.12. The highest BCUT2D eigenvalue weighted by Crippen LogP contribution is 2.26. The Morgan fingerprint density at radius 1 is 1.04 bits per heavy atom. The van der Waals surface area contributed by atoms with Gasteiger partial charge in [0.25, 0.3) is 5.91 Å². The van der Waals surface area contributed by atoms with Crippen molar-refractivity contribution in [3.05, 3.63) is 69.3 Å². The third-order valence-electron chi connectivity index (χ3n) is 2.79.